The molecule has 1 unspecified atom stereocenters. The number of aromatic nitrogens is 1. The third-order valence-electron chi connectivity index (χ3n) is 2.69. The van der Waals surface area contributed by atoms with Crippen LogP contribution < -0.4 is 10.5 Å². The van der Waals surface area contributed by atoms with E-state index in [0.717, 1.165) is 10.5 Å². The lowest BCUT2D eigenvalue weighted by Gasteiger charge is -2.13. The Kier molecular flexibility index (Phi) is 8.84. The number of halogens is 1. The molecule has 0 amide bonds. The number of hydrogen-bond acceptors (Lipinski definition) is 5. The third kappa shape index (κ3) is 7.12. The zero-order valence-corrected chi connectivity index (χ0v) is 15.2. The van der Waals surface area contributed by atoms with Gasteiger partial charge in [0.2, 0.25) is 0 Å². The molecule has 3 N–H and O–H groups in total. The average molecular weight is 355 g/mol. The lowest BCUT2D eigenvalue weighted by atomic mass is 10.3. The molecule has 1 aromatic carbocycles. The molecule has 6 heteroatoms. The summed E-state index contributed by atoms with van der Waals surface area (Å²) in [5.74, 6) is 1.52. The van der Waals surface area contributed by atoms with Crippen molar-refractivity contribution in [1.82, 2.24) is 4.98 Å². The van der Waals surface area contributed by atoms with Gasteiger partial charge < -0.3 is 15.6 Å². The minimum absolute atomic E-state index is 0.148. The van der Waals surface area contributed by atoms with Crippen LogP contribution in [-0.4, -0.2) is 28.5 Å². The topological polar surface area (TPSA) is 68.4 Å². The summed E-state index contributed by atoms with van der Waals surface area (Å²) in [6.07, 6.45) is 3.43. The number of aryl methyl sites for hydroxylation is 1. The fourth-order valence-corrected chi connectivity index (χ4v) is 2.69. The summed E-state index contributed by atoms with van der Waals surface area (Å²) in [5.41, 5.74) is 7.06. The number of phenols is 1. The van der Waals surface area contributed by atoms with E-state index in [2.05, 4.69) is 4.98 Å². The Morgan fingerprint density at radius 2 is 2.04 bits per heavy atom. The van der Waals surface area contributed by atoms with Crippen LogP contribution in [0.3, 0.4) is 0 Å². The number of pyridine rings is 1. The summed E-state index contributed by atoms with van der Waals surface area (Å²) in [4.78, 5) is 4.82. The van der Waals surface area contributed by atoms with Crippen molar-refractivity contribution in [2.75, 3.05) is 12.4 Å². The van der Waals surface area contributed by atoms with E-state index in [4.69, 9.17) is 22.1 Å². The Morgan fingerprint density at radius 1 is 1.30 bits per heavy atom. The smallest absolute Gasteiger partial charge is 0.137 e. The largest absolute Gasteiger partial charge is 0.507 e. The second-order valence-corrected chi connectivity index (χ2v) is 6.19. The molecule has 1 atom stereocenters. The Balaban J connectivity index is 0.00000127. The van der Waals surface area contributed by atoms with E-state index < -0.39 is 0 Å². The maximum atomic E-state index is 9.76. The number of hydrogen-bond donors (Lipinski definition) is 2. The van der Waals surface area contributed by atoms with E-state index >= 15 is 0 Å². The summed E-state index contributed by atoms with van der Waals surface area (Å²) in [7, 11) is 0. The van der Waals surface area contributed by atoms with Gasteiger partial charge in [-0.2, -0.15) is 0 Å². The van der Waals surface area contributed by atoms with Crippen LogP contribution in [0, 0.1) is 6.92 Å². The average Bonchev–Trinajstić information content (AvgIpc) is 2.54. The second kappa shape index (κ2) is 10.4. The van der Waals surface area contributed by atoms with Crippen LogP contribution in [0.1, 0.15) is 19.4 Å². The van der Waals surface area contributed by atoms with E-state index in [1.165, 1.54) is 17.8 Å². The van der Waals surface area contributed by atoms with Crippen LogP contribution in [0.15, 0.2) is 41.6 Å². The maximum absolute atomic E-state index is 9.76. The molecular weight excluding hydrogens is 332 g/mol. The molecule has 0 radical (unpaired) electrons. The van der Waals surface area contributed by atoms with Crippen molar-refractivity contribution in [1.29, 1.82) is 0 Å². The molecule has 0 aliphatic carbocycles. The second-order valence-electron chi connectivity index (χ2n) is 4.69. The molecule has 0 aliphatic rings. The number of rotatable bonds is 6. The highest BCUT2D eigenvalue weighted by molar-refractivity contribution is 7.99. The molecule has 126 valence electrons. The lowest BCUT2D eigenvalue weighted by Crippen LogP contribution is -2.30. The molecule has 2 aromatic rings. The summed E-state index contributed by atoms with van der Waals surface area (Å²) in [6, 6.07) is 6.80. The Hall–Kier alpha value is -1.43. The minimum Gasteiger partial charge on any atom is -0.507 e. The minimum atomic E-state index is -0.148. The van der Waals surface area contributed by atoms with Gasteiger partial charge in [0.25, 0.3) is 0 Å². The number of phenolic OH excluding ortho intramolecular Hbond substituents is 1. The van der Waals surface area contributed by atoms with Gasteiger partial charge >= 0.3 is 0 Å². The molecule has 4 nitrogen and oxygen atoms in total. The maximum Gasteiger partial charge on any atom is 0.137 e. The molecular formula is C17H23ClN2O2S. The molecule has 0 bridgehead atoms. The summed E-state index contributed by atoms with van der Waals surface area (Å²) in [5, 5.41) is 10.3. The fourth-order valence-electron chi connectivity index (χ4n) is 1.67. The normalized spacial score (nSPS) is 11.3. The van der Waals surface area contributed by atoms with Crippen molar-refractivity contribution in [3.05, 3.63) is 47.2 Å². The first-order valence-corrected chi connectivity index (χ1v) is 8.82. The van der Waals surface area contributed by atoms with E-state index in [0.29, 0.717) is 23.1 Å². The van der Waals surface area contributed by atoms with Gasteiger partial charge in [-0.15, -0.1) is 11.8 Å². The number of thioether (sulfide) groups is 1. The SMILES string of the molecule is CC.Cc1cncc(OCC(N)CSc2ccc(Cl)cc2O)c1. The number of ether oxygens (including phenoxy) is 1. The predicted molar refractivity (Wildman–Crippen MR) is 97.6 cm³/mol. The van der Waals surface area contributed by atoms with Crippen molar-refractivity contribution < 1.29 is 9.84 Å². The molecule has 1 aromatic heterocycles. The van der Waals surface area contributed by atoms with E-state index in [9.17, 15) is 5.11 Å². The van der Waals surface area contributed by atoms with Gasteiger partial charge in [0, 0.05) is 27.9 Å². The van der Waals surface area contributed by atoms with Crippen molar-refractivity contribution in [2.24, 2.45) is 5.73 Å². The molecule has 23 heavy (non-hydrogen) atoms. The van der Waals surface area contributed by atoms with Gasteiger partial charge in [-0.05, 0) is 36.8 Å². The monoisotopic (exact) mass is 354 g/mol. The van der Waals surface area contributed by atoms with Gasteiger partial charge in [0.1, 0.15) is 18.1 Å². The van der Waals surface area contributed by atoms with Gasteiger partial charge in [0.15, 0.2) is 0 Å². The zero-order valence-electron chi connectivity index (χ0n) is 13.6. The fraction of sp³-hybridized carbons (Fsp3) is 0.353. The Morgan fingerprint density at radius 3 is 2.70 bits per heavy atom. The molecule has 0 aliphatic heterocycles. The molecule has 2 rings (SSSR count). The number of aromatic hydroxyl groups is 1. The van der Waals surface area contributed by atoms with Crippen molar-refractivity contribution in [3.63, 3.8) is 0 Å². The Bertz CT molecular complexity index is 611. The summed E-state index contributed by atoms with van der Waals surface area (Å²) < 4.78 is 5.60. The van der Waals surface area contributed by atoms with E-state index in [1.54, 1.807) is 24.5 Å². The summed E-state index contributed by atoms with van der Waals surface area (Å²) in [6.45, 7) is 6.35. The third-order valence-corrected chi connectivity index (χ3v) is 4.17. The summed E-state index contributed by atoms with van der Waals surface area (Å²) >= 11 is 7.26. The van der Waals surface area contributed by atoms with Crippen LogP contribution in [0.5, 0.6) is 11.5 Å². The molecule has 0 saturated heterocycles. The Labute approximate surface area is 147 Å². The van der Waals surface area contributed by atoms with E-state index in [1.807, 2.05) is 26.8 Å². The van der Waals surface area contributed by atoms with Crippen molar-refractivity contribution in [3.8, 4) is 11.5 Å². The number of nitrogens with zero attached hydrogens (tertiary/aromatic N) is 1. The van der Waals surface area contributed by atoms with Gasteiger partial charge in [-0.3, -0.25) is 4.98 Å². The van der Waals surface area contributed by atoms with Crippen molar-refractivity contribution in [2.45, 2.75) is 31.7 Å². The first kappa shape index (κ1) is 19.6. The van der Waals surface area contributed by atoms with E-state index in [-0.39, 0.29) is 11.8 Å². The predicted octanol–water partition coefficient (Wildman–Crippen LogP) is 4.27. The first-order valence-electron chi connectivity index (χ1n) is 7.46. The van der Waals surface area contributed by atoms with Crippen LogP contribution in [-0.2, 0) is 0 Å². The van der Waals surface area contributed by atoms with Gasteiger partial charge in [0.05, 0.1) is 6.20 Å². The quantitative estimate of drug-likeness (QED) is 0.758. The molecule has 0 saturated carbocycles. The highest BCUT2D eigenvalue weighted by atomic mass is 35.5. The van der Waals surface area contributed by atoms with Crippen LogP contribution in [0.25, 0.3) is 0 Å². The molecule has 1 heterocycles. The standard InChI is InChI=1S/C15H17ClN2O2S.C2H6/c1-10-4-13(7-18-6-10)20-8-12(17)9-21-15-3-2-11(16)5-14(15)19;1-2/h2-7,12,19H,8-9,17H2,1H3;1-2H3. The molecule has 0 fully saturated rings. The molecule has 0 spiro atoms. The number of benzene rings is 1. The van der Waals surface area contributed by atoms with Crippen LogP contribution in [0.4, 0.5) is 0 Å². The highest BCUT2D eigenvalue weighted by Gasteiger charge is 2.08. The highest BCUT2D eigenvalue weighted by Crippen LogP contribution is 2.30. The van der Waals surface area contributed by atoms with Crippen LogP contribution in [0.2, 0.25) is 5.02 Å². The lowest BCUT2D eigenvalue weighted by molar-refractivity contribution is 0.296. The zero-order chi connectivity index (χ0) is 17.2. The van der Waals surface area contributed by atoms with Crippen molar-refractivity contribution >= 4 is 23.4 Å². The van der Waals surface area contributed by atoms with Crippen LogP contribution >= 0.6 is 23.4 Å². The first-order chi connectivity index (χ1) is 11.0. The van der Waals surface area contributed by atoms with Gasteiger partial charge in [-0.25, -0.2) is 0 Å². The van der Waals surface area contributed by atoms with Gasteiger partial charge in [-0.1, -0.05) is 25.4 Å². The number of nitrogens with two attached hydrogens (primary N) is 1.